The van der Waals surface area contributed by atoms with Gasteiger partial charge in [0, 0.05) is 11.1 Å². The first kappa shape index (κ1) is 10.4. The molecule has 0 aliphatic carbocycles. The fourth-order valence-corrected chi connectivity index (χ4v) is 1.53. The minimum Gasteiger partial charge on any atom is -0.422 e. The average molecular weight is 217 g/mol. The molecule has 16 heavy (non-hydrogen) atoms. The number of nitrogens with two attached hydrogens (primary N) is 1. The van der Waals surface area contributed by atoms with Gasteiger partial charge in [0.25, 0.3) is 0 Å². The Morgan fingerprint density at radius 2 is 2.00 bits per heavy atom. The first-order valence-corrected chi connectivity index (χ1v) is 4.84. The van der Waals surface area contributed by atoms with Gasteiger partial charge in [-0.3, -0.25) is 4.79 Å². The second-order valence-corrected chi connectivity index (χ2v) is 3.75. The molecule has 1 aromatic heterocycles. The van der Waals surface area contributed by atoms with E-state index in [-0.39, 0.29) is 11.3 Å². The second kappa shape index (κ2) is 3.48. The Labute approximate surface area is 91.7 Å². The summed E-state index contributed by atoms with van der Waals surface area (Å²) in [6, 6.07) is 4.90. The highest BCUT2D eigenvalue weighted by Crippen LogP contribution is 2.20. The van der Waals surface area contributed by atoms with Crippen LogP contribution in [0.2, 0.25) is 0 Å². The summed E-state index contributed by atoms with van der Waals surface area (Å²) in [5.41, 5.74) is 7.08. The van der Waals surface area contributed by atoms with Crippen LogP contribution < -0.4 is 11.4 Å². The van der Waals surface area contributed by atoms with Crippen LogP contribution in [-0.4, -0.2) is 5.78 Å². The van der Waals surface area contributed by atoms with Crippen LogP contribution in [0.1, 0.15) is 22.8 Å². The van der Waals surface area contributed by atoms with E-state index in [4.69, 9.17) is 10.2 Å². The minimum absolute atomic E-state index is 0.0516. The van der Waals surface area contributed by atoms with Gasteiger partial charge in [-0.05, 0) is 37.6 Å². The molecule has 0 spiro atoms. The van der Waals surface area contributed by atoms with Gasteiger partial charge in [-0.25, -0.2) is 4.79 Å². The van der Waals surface area contributed by atoms with Gasteiger partial charge in [0.1, 0.15) is 11.1 Å². The summed E-state index contributed by atoms with van der Waals surface area (Å²) in [6.45, 7) is 3.16. The number of carbonyl (C=O) groups is 1. The summed E-state index contributed by atoms with van der Waals surface area (Å²) >= 11 is 0. The predicted octanol–water partition coefficient (Wildman–Crippen LogP) is 1.89. The van der Waals surface area contributed by atoms with E-state index in [0.717, 1.165) is 5.56 Å². The smallest absolute Gasteiger partial charge is 0.347 e. The van der Waals surface area contributed by atoms with Crippen molar-refractivity contribution in [3.63, 3.8) is 0 Å². The first-order chi connectivity index (χ1) is 7.49. The SMILES string of the molecule is CC(=O)c1cc2cc(N)c(C)cc2oc1=O. The van der Waals surface area contributed by atoms with Crippen LogP contribution in [0.4, 0.5) is 5.69 Å². The first-order valence-electron chi connectivity index (χ1n) is 4.84. The van der Waals surface area contributed by atoms with Crippen molar-refractivity contribution in [2.75, 3.05) is 5.73 Å². The second-order valence-electron chi connectivity index (χ2n) is 3.75. The Kier molecular flexibility index (Phi) is 2.27. The van der Waals surface area contributed by atoms with Crippen LogP contribution in [0.25, 0.3) is 11.0 Å². The maximum atomic E-state index is 11.5. The largest absolute Gasteiger partial charge is 0.422 e. The summed E-state index contributed by atoms with van der Waals surface area (Å²) in [5, 5.41) is 0.660. The van der Waals surface area contributed by atoms with Crippen LogP contribution in [-0.2, 0) is 0 Å². The summed E-state index contributed by atoms with van der Waals surface area (Å²) in [4.78, 5) is 22.6. The molecule has 0 aliphatic heterocycles. The molecule has 0 amide bonds. The quantitative estimate of drug-likeness (QED) is 0.449. The molecule has 1 heterocycles. The molecular weight excluding hydrogens is 206 g/mol. The molecule has 0 radical (unpaired) electrons. The van der Waals surface area contributed by atoms with Crippen LogP contribution in [0.5, 0.6) is 0 Å². The van der Waals surface area contributed by atoms with E-state index < -0.39 is 5.63 Å². The third-order valence-electron chi connectivity index (χ3n) is 2.50. The van der Waals surface area contributed by atoms with E-state index in [9.17, 15) is 9.59 Å². The zero-order valence-electron chi connectivity index (χ0n) is 9.03. The predicted molar refractivity (Wildman–Crippen MR) is 61.6 cm³/mol. The number of benzene rings is 1. The third-order valence-corrected chi connectivity index (χ3v) is 2.50. The molecule has 0 fully saturated rings. The molecule has 1 aromatic carbocycles. The van der Waals surface area contributed by atoms with Crippen LogP contribution in [0.3, 0.4) is 0 Å². The van der Waals surface area contributed by atoms with Crippen molar-refractivity contribution >= 4 is 22.4 Å². The highest BCUT2D eigenvalue weighted by molar-refractivity contribution is 5.97. The van der Waals surface area contributed by atoms with Crippen LogP contribution >= 0.6 is 0 Å². The number of carbonyl (C=O) groups excluding carboxylic acids is 1. The molecular formula is C12H11NO3. The van der Waals surface area contributed by atoms with Crippen molar-refractivity contribution in [1.82, 2.24) is 0 Å². The van der Waals surface area contributed by atoms with Gasteiger partial charge < -0.3 is 10.2 Å². The van der Waals surface area contributed by atoms with E-state index in [0.29, 0.717) is 16.7 Å². The topological polar surface area (TPSA) is 73.3 Å². The van der Waals surface area contributed by atoms with Gasteiger partial charge in [0.15, 0.2) is 5.78 Å². The van der Waals surface area contributed by atoms with Crippen LogP contribution in [0.15, 0.2) is 27.4 Å². The zero-order chi connectivity index (χ0) is 11.9. The molecule has 82 valence electrons. The standard InChI is InChI=1S/C12H11NO3/c1-6-3-11-8(5-10(6)13)4-9(7(2)14)12(15)16-11/h3-5H,13H2,1-2H3. The maximum absolute atomic E-state index is 11.5. The Hall–Kier alpha value is -2.10. The molecule has 2 N–H and O–H groups in total. The van der Waals surface area contributed by atoms with Crippen molar-refractivity contribution in [3.8, 4) is 0 Å². The average Bonchev–Trinajstić information content (AvgIpc) is 2.19. The molecule has 0 saturated carbocycles. The van der Waals surface area contributed by atoms with E-state index >= 15 is 0 Å². The van der Waals surface area contributed by atoms with E-state index in [1.54, 1.807) is 12.1 Å². The van der Waals surface area contributed by atoms with E-state index in [2.05, 4.69) is 0 Å². The summed E-state index contributed by atoms with van der Waals surface area (Å²) in [7, 11) is 0. The van der Waals surface area contributed by atoms with Gasteiger partial charge >= 0.3 is 5.63 Å². The monoisotopic (exact) mass is 217 g/mol. The van der Waals surface area contributed by atoms with Crippen molar-refractivity contribution in [2.45, 2.75) is 13.8 Å². The number of anilines is 1. The number of ketones is 1. The Morgan fingerprint density at radius 3 is 2.62 bits per heavy atom. The summed E-state index contributed by atoms with van der Waals surface area (Å²) < 4.78 is 5.06. The van der Waals surface area contributed by atoms with E-state index in [1.807, 2.05) is 6.92 Å². The molecule has 2 aromatic rings. The fraction of sp³-hybridized carbons (Fsp3) is 0.167. The Balaban J connectivity index is 2.85. The van der Waals surface area contributed by atoms with Crippen molar-refractivity contribution in [2.24, 2.45) is 0 Å². The minimum atomic E-state index is -0.607. The number of hydrogen-bond donors (Lipinski definition) is 1. The molecule has 0 aliphatic rings. The number of hydrogen-bond acceptors (Lipinski definition) is 4. The molecule has 4 nitrogen and oxygen atoms in total. The van der Waals surface area contributed by atoms with Gasteiger partial charge in [-0.1, -0.05) is 0 Å². The summed E-state index contributed by atoms with van der Waals surface area (Å²) in [6.07, 6.45) is 0. The Morgan fingerprint density at radius 1 is 1.31 bits per heavy atom. The number of nitrogen functional groups attached to an aromatic ring is 1. The maximum Gasteiger partial charge on any atom is 0.347 e. The lowest BCUT2D eigenvalue weighted by atomic mass is 10.1. The van der Waals surface area contributed by atoms with Gasteiger partial charge in [0.05, 0.1) is 0 Å². The summed E-state index contributed by atoms with van der Waals surface area (Å²) in [5.74, 6) is -0.310. The van der Waals surface area contributed by atoms with Gasteiger partial charge in [-0.15, -0.1) is 0 Å². The fourth-order valence-electron chi connectivity index (χ4n) is 1.53. The molecule has 0 bridgehead atoms. The number of rotatable bonds is 1. The third kappa shape index (κ3) is 1.58. The molecule has 0 saturated heterocycles. The number of aryl methyl sites for hydroxylation is 1. The molecule has 2 rings (SSSR count). The van der Waals surface area contributed by atoms with Crippen molar-refractivity contribution in [3.05, 3.63) is 39.7 Å². The molecule has 4 heteroatoms. The van der Waals surface area contributed by atoms with Crippen molar-refractivity contribution in [1.29, 1.82) is 0 Å². The van der Waals surface area contributed by atoms with Crippen molar-refractivity contribution < 1.29 is 9.21 Å². The van der Waals surface area contributed by atoms with Gasteiger partial charge in [-0.2, -0.15) is 0 Å². The number of fused-ring (bicyclic) bond motifs is 1. The normalized spacial score (nSPS) is 10.6. The highest BCUT2D eigenvalue weighted by atomic mass is 16.4. The number of Topliss-reactive ketones (excluding diaryl/α,β-unsaturated/α-hetero) is 1. The lowest BCUT2D eigenvalue weighted by Crippen LogP contribution is -2.11. The molecule has 0 unspecified atom stereocenters. The van der Waals surface area contributed by atoms with Gasteiger partial charge in [0.2, 0.25) is 0 Å². The zero-order valence-corrected chi connectivity index (χ0v) is 9.03. The molecule has 0 atom stereocenters. The van der Waals surface area contributed by atoms with Crippen LogP contribution in [0, 0.1) is 6.92 Å². The highest BCUT2D eigenvalue weighted by Gasteiger charge is 2.10. The van der Waals surface area contributed by atoms with E-state index in [1.165, 1.54) is 13.0 Å². The lowest BCUT2D eigenvalue weighted by molar-refractivity contribution is 0.101. The lowest BCUT2D eigenvalue weighted by Gasteiger charge is -2.03. The Bertz CT molecular complexity index is 640.